The number of hydrogen-bond acceptors (Lipinski definition) is 2. The Morgan fingerprint density at radius 3 is 2.85 bits per heavy atom. The average Bonchev–Trinajstić information content (AvgIpc) is 2.04. The number of nitrogens with zero attached hydrogens (tertiary/aromatic N) is 1. The lowest BCUT2D eigenvalue weighted by atomic mass is 9.80. The molecule has 3 atom stereocenters. The van der Waals surface area contributed by atoms with Crippen molar-refractivity contribution < 1.29 is 4.92 Å². The van der Waals surface area contributed by atoms with Crippen molar-refractivity contribution in [3.8, 4) is 0 Å². The molecular weight excluding hydrogens is 166 g/mol. The summed E-state index contributed by atoms with van der Waals surface area (Å²) in [5.41, 5.74) is 0. The zero-order valence-electron chi connectivity index (χ0n) is 8.27. The highest BCUT2D eigenvalue weighted by Gasteiger charge is 2.36. The first-order chi connectivity index (χ1) is 6.16. The maximum absolute atomic E-state index is 10.8. The normalized spacial score (nSPS) is 33.2. The lowest BCUT2D eigenvalue weighted by Crippen LogP contribution is -2.36. The highest BCUT2D eigenvalue weighted by molar-refractivity contribution is 4.99. The maximum atomic E-state index is 10.8. The highest BCUT2D eigenvalue weighted by Crippen LogP contribution is 2.29. The molecule has 74 valence electrons. The molecule has 1 rings (SSSR count). The summed E-state index contributed by atoms with van der Waals surface area (Å²) >= 11 is 0. The topological polar surface area (TPSA) is 43.1 Å². The van der Waals surface area contributed by atoms with Gasteiger partial charge in [-0.3, -0.25) is 10.1 Å². The van der Waals surface area contributed by atoms with Crippen LogP contribution in [0, 0.1) is 22.0 Å². The standard InChI is InChI=1S/C10H17NO2/c1-3-5-9-7-4-6-8(2)10(9)11(12)13/h4,6,8-10H,3,5,7H2,1-2H3. The van der Waals surface area contributed by atoms with Crippen LogP contribution in [0.15, 0.2) is 12.2 Å². The maximum Gasteiger partial charge on any atom is 0.222 e. The molecular formula is C10H17NO2. The van der Waals surface area contributed by atoms with Gasteiger partial charge in [0.1, 0.15) is 0 Å². The van der Waals surface area contributed by atoms with Crippen LogP contribution < -0.4 is 0 Å². The second kappa shape index (κ2) is 4.40. The molecule has 0 radical (unpaired) electrons. The lowest BCUT2D eigenvalue weighted by molar-refractivity contribution is -0.539. The summed E-state index contributed by atoms with van der Waals surface area (Å²) in [7, 11) is 0. The van der Waals surface area contributed by atoms with E-state index in [1.54, 1.807) is 0 Å². The van der Waals surface area contributed by atoms with E-state index in [1.165, 1.54) is 0 Å². The zero-order chi connectivity index (χ0) is 9.84. The van der Waals surface area contributed by atoms with Crippen LogP contribution in [0.5, 0.6) is 0 Å². The molecule has 0 saturated carbocycles. The van der Waals surface area contributed by atoms with Crippen molar-refractivity contribution in [2.45, 2.75) is 39.2 Å². The van der Waals surface area contributed by atoms with E-state index in [0.717, 1.165) is 19.3 Å². The minimum absolute atomic E-state index is 0.0975. The van der Waals surface area contributed by atoms with Crippen molar-refractivity contribution in [3.63, 3.8) is 0 Å². The van der Waals surface area contributed by atoms with Gasteiger partial charge < -0.3 is 0 Å². The molecule has 0 amide bonds. The van der Waals surface area contributed by atoms with Gasteiger partial charge in [-0.1, -0.05) is 32.4 Å². The molecule has 1 aliphatic rings. The van der Waals surface area contributed by atoms with Crippen LogP contribution in [0.1, 0.15) is 33.1 Å². The van der Waals surface area contributed by atoms with E-state index < -0.39 is 0 Å². The molecule has 3 heteroatoms. The molecule has 1 aliphatic carbocycles. The Morgan fingerprint density at radius 2 is 2.31 bits per heavy atom. The fraction of sp³-hybridized carbons (Fsp3) is 0.800. The summed E-state index contributed by atoms with van der Waals surface area (Å²) in [6.07, 6.45) is 6.95. The Labute approximate surface area is 79.0 Å². The summed E-state index contributed by atoms with van der Waals surface area (Å²) in [6, 6.07) is -0.357. The molecule has 0 bridgehead atoms. The molecule has 13 heavy (non-hydrogen) atoms. The molecule has 3 unspecified atom stereocenters. The SMILES string of the molecule is CCCC1CC=CC(C)C1[N+](=O)[O-]. The fourth-order valence-corrected chi connectivity index (χ4v) is 2.17. The van der Waals surface area contributed by atoms with Crippen molar-refractivity contribution in [2.75, 3.05) is 0 Å². The van der Waals surface area contributed by atoms with Gasteiger partial charge in [-0.25, -0.2) is 0 Å². The monoisotopic (exact) mass is 183 g/mol. The van der Waals surface area contributed by atoms with E-state index in [2.05, 4.69) is 13.0 Å². The summed E-state index contributed by atoms with van der Waals surface area (Å²) in [5, 5.41) is 10.8. The van der Waals surface area contributed by atoms with Crippen LogP contribution in [0.4, 0.5) is 0 Å². The molecule has 0 spiro atoms. The predicted molar refractivity (Wildman–Crippen MR) is 52.1 cm³/mol. The van der Waals surface area contributed by atoms with Crippen molar-refractivity contribution in [1.29, 1.82) is 0 Å². The number of rotatable bonds is 3. The van der Waals surface area contributed by atoms with Crippen LogP contribution >= 0.6 is 0 Å². The van der Waals surface area contributed by atoms with Gasteiger partial charge in [0.15, 0.2) is 0 Å². The largest absolute Gasteiger partial charge is 0.264 e. The van der Waals surface area contributed by atoms with Crippen LogP contribution in [-0.4, -0.2) is 11.0 Å². The van der Waals surface area contributed by atoms with Crippen LogP contribution in [0.2, 0.25) is 0 Å². The smallest absolute Gasteiger partial charge is 0.222 e. The first-order valence-corrected chi connectivity index (χ1v) is 4.97. The van der Waals surface area contributed by atoms with E-state index in [-0.39, 0.29) is 22.8 Å². The van der Waals surface area contributed by atoms with Gasteiger partial charge in [0.25, 0.3) is 0 Å². The summed E-state index contributed by atoms with van der Waals surface area (Å²) in [6.45, 7) is 4.02. The van der Waals surface area contributed by atoms with Gasteiger partial charge in [0, 0.05) is 16.8 Å². The minimum Gasteiger partial charge on any atom is -0.264 e. The third-order valence-corrected chi connectivity index (χ3v) is 2.80. The number of hydrogen-bond donors (Lipinski definition) is 0. The van der Waals surface area contributed by atoms with Crippen LogP contribution in [-0.2, 0) is 0 Å². The van der Waals surface area contributed by atoms with E-state index in [0.29, 0.717) is 0 Å². The second-order valence-electron chi connectivity index (χ2n) is 3.85. The third kappa shape index (κ3) is 2.29. The van der Waals surface area contributed by atoms with Gasteiger partial charge in [-0.2, -0.15) is 0 Å². The average molecular weight is 183 g/mol. The highest BCUT2D eigenvalue weighted by atomic mass is 16.6. The minimum atomic E-state index is -0.357. The Morgan fingerprint density at radius 1 is 1.62 bits per heavy atom. The van der Waals surface area contributed by atoms with Crippen LogP contribution in [0.25, 0.3) is 0 Å². The molecule has 0 saturated heterocycles. The molecule has 0 aliphatic heterocycles. The summed E-state index contributed by atoms with van der Waals surface area (Å²) in [5.74, 6) is 0.347. The molecule has 0 aromatic heterocycles. The quantitative estimate of drug-likeness (QED) is 0.383. The first kappa shape index (κ1) is 10.2. The summed E-state index contributed by atoms with van der Waals surface area (Å²) < 4.78 is 0. The van der Waals surface area contributed by atoms with Gasteiger partial charge >= 0.3 is 0 Å². The Hall–Kier alpha value is -0.860. The molecule has 0 fully saturated rings. The second-order valence-corrected chi connectivity index (χ2v) is 3.85. The van der Waals surface area contributed by atoms with Gasteiger partial charge in [-0.15, -0.1) is 0 Å². The molecule has 0 aromatic rings. The van der Waals surface area contributed by atoms with Gasteiger partial charge in [-0.05, 0) is 12.8 Å². The van der Waals surface area contributed by atoms with Crippen molar-refractivity contribution in [2.24, 2.45) is 11.8 Å². The van der Waals surface area contributed by atoms with E-state index >= 15 is 0 Å². The summed E-state index contributed by atoms with van der Waals surface area (Å²) in [4.78, 5) is 10.7. The Balaban J connectivity index is 2.71. The van der Waals surface area contributed by atoms with Crippen molar-refractivity contribution in [1.82, 2.24) is 0 Å². The fourth-order valence-electron chi connectivity index (χ4n) is 2.17. The lowest BCUT2D eigenvalue weighted by Gasteiger charge is -2.25. The van der Waals surface area contributed by atoms with Crippen molar-refractivity contribution in [3.05, 3.63) is 22.3 Å². The zero-order valence-corrected chi connectivity index (χ0v) is 8.27. The predicted octanol–water partition coefficient (Wildman–Crippen LogP) is 2.64. The molecule has 0 N–H and O–H groups in total. The van der Waals surface area contributed by atoms with Crippen LogP contribution in [0.3, 0.4) is 0 Å². The van der Waals surface area contributed by atoms with Gasteiger partial charge in [0.2, 0.25) is 6.04 Å². The Kier molecular flexibility index (Phi) is 3.46. The molecule has 0 heterocycles. The van der Waals surface area contributed by atoms with Crippen molar-refractivity contribution >= 4 is 0 Å². The van der Waals surface area contributed by atoms with E-state index in [1.807, 2.05) is 13.0 Å². The number of nitro groups is 1. The third-order valence-electron chi connectivity index (χ3n) is 2.80. The number of allylic oxidation sites excluding steroid dienone is 1. The van der Waals surface area contributed by atoms with E-state index in [9.17, 15) is 10.1 Å². The van der Waals surface area contributed by atoms with Gasteiger partial charge in [0.05, 0.1) is 0 Å². The Bertz CT molecular complexity index is 213. The molecule has 3 nitrogen and oxygen atoms in total. The first-order valence-electron chi connectivity index (χ1n) is 4.97. The van der Waals surface area contributed by atoms with E-state index in [4.69, 9.17) is 0 Å². The molecule has 0 aromatic carbocycles.